The second-order valence-corrected chi connectivity index (χ2v) is 2.89. The third-order valence-electron chi connectivity index (χ3n) is 1.83. The molecule has 2 nitrogen and oxygen atoms in total. The van der Waals surface area contributed by atoms with Crippen molar-refractivity contribution >= 4 is 5.78 Å². The second-order valence-electron chi connectivity index (χ2n) is 2.89. The van der Waals surface area contributed by atoms with Crippen LogP contribution in [-0.2, 0) is 0 Å². The van der Waals surface area contributed by atoms with Gasteiger partial charge in [0.1, 0.15) is 0 Å². The summed E-state index contributed by atoms with van der Waals surface area (Å²) >= 11 is 0. The monoisotopic (exact) mass is 199 g/mol. The Bertz CT molecular complexity index is 326. The van der Waals surface area contributed by atoms with E-state index in [4.69, 9.17) is 5.73 Å². The first-order valence-electron chi connectivity index (χ1n) is 4.26. The summed E-state index contributed by atoms with van der Waals surface area (Å²) in [5, 5.41) is 0. The zero-order chi connectivity index (χ0) is 10.6. The molecule has 0 bridgehead atoms. The molecule has 1 aromatic rings. The van der Waals surface area contributed by atoms with Crippen molar-refractivity contribution in [3.63, 3.8) is 0 Å². The number of carbonyl (C=O) groups excluding carboxylic acids is 1. The Morgan fingerprint density at radius 2 is 2.14 bits per heavy atom. The molecule has 0 radical (unpaired) electrons. The summed E-state index contributed by atoms with van der Waals surface area (Å²) in [5.74, 6) is -0.199. The molecule has 0 fully saturated rings. The van der Waals surface area contributed by atoms with Gasteiger partial charge in [0.25, 0.3) is 6.43 Å². The van der Waals surface area contributed by atoms with Crippen LogP contribution in [0.2, 0.25) is 0 Å². The van der Waals surface area contributed by atoms with Crippen LogP contribution in [0.4, 0.5) is 8.78 Å². The van der Waals surface area contributed by atoms with Gasteiger partial charge in [0.2, 0.25) is 0 Å². The third kappa shape index (κ3) is 2.60. The lowest BCUT2D eigenvalue weighted by Crippen LogP contribution is -2.08. The fourth-order valence-electron chi connectivity index (χ4n) is 1.12. The van der Waals surface area contributed by atoms with Crippen molar-refractivity contribution < 1.29 is 13.6 Å². The lowest BCUT2D eigenvalue weighted by molar-refractivity contribution is 0.0985. The molecule has 14 heavy (non-hydrogen) atoms. The van der Waals surface area contributed by atoms with E-state index in [1.54, 1.807) is 0 Å². The van der Waals surface area contributed by atoms with Crippen molar-refractivity contribution in [1.82, 2.24) is 0 Å². The highest BCUT2D eigenvalue weighted by Gasteiger charge is 2.10. The van der Waals surface area contributed by atoms with E-state index in [1.807, 2.05) is 0 Å². The first-order chi connectivity index (χ1) is 6.65. The van der Waals surface area contributed by atoms with Crippen LogP contribution in [0.5, 0.6) is 0 Å². The molecule has 0 heterocycles. The van der Waals surface area contributed by atoms with E-state index < -0.39 is 6.43 Å². The quantitative estimate of drug-likeness (QED) is 0.755. The minimum Gasteiger partial charge on any atom is -0.330 e. The van der Waals surface area contributed by atoms with E-state index in [9.17, 15) is 13.6 Å². The van der Waals surface area contributed by atoms with Gasteiger partial charge in [-0.25, -0.2) is 8.78 Å². The lowest BCUT2D eigenvalue weighted by atomic mass is 10.1. The van der Waals surface area contributed by atoms with E-state index in [1.165, 1.54) is 24.3 Å². The normalized spacial score (nSPS) is 10.6. The summed E-state index contributed by atoms with van der Waals surface area (Å²) in [6.07, 6.45) is -2.35. The van der Waals surface area contributed by atoms with E-state index in [2.05, 4.69) is 0 Å². The molecule has 0 spiro atoms. The summed E-state index contributed by atoms with van der Waals surface area (Å²) in [4.78, 5) is 11.3. The van der Waals surface area contributed by atoms with E-state index >= 15 is 0 Å². The van der Waals surface area contributed by atoms with Crippen molar-refractivity contribution in [2.45, 2.75) is 12.8 Å². The standard InChI is InChI=1S/C10H11F2NO/c11-10(12)8-3-1-2-7(6-8)9(14)4-5-13/h1-3,6,10H,4-5,13H2. The smallest absolute Gasteiger partial charge is 0.263 e. The predicted molar refractivity (Wildman–Crippen MR) is 49.4 cm³/mol. The van der Waals surface area contributed by atoms with Gasteiger partial charge in [0.15, 0.2) is 5.78 Å². The highest BCUT2D eigenvalue weighted by atomic mass is 19.3. The number of benzene rings is 1. The molecule has 0 saturated heterocycles. The second kappa shape index (κ2) is 4.81. The average molecular weight is 199 g/mol. The van der Waals surface area contributed by atoms with Crippen LogP contribution in [-0.4, -0.2) is 12.3 Å². The van der Waals surface area contributed by atoms with Crippen molar-refractivity contribution in [1.29, 1.82) is 0 Å². The Morgan fingerprint density at radius 1 is 1.43 bits per heavy atom. The van der Waals surface area contributed by atoms with Gasteiger partial charge in [-0.3, -0.25) is 4.79 Å². The molecule has 1 aromatic carbocycles. The summed E-state index contributed by atoms with van der Waals surface area (Å²) < 4.78 is 24.5. The van der Waals surface area contributed by atoms with Crippen molar-refractivity contribution in [3.05, 3.63) is 35.4 Å². The summed E-state index contributed by atoms with van der Waals surface area (Å²) in [6.45, 7) is 0.234. The maximum atomic E-state index is 12.3. The number of Topliss-reactive ketones (excluding diaryl/α,β-unsaturated/α-hetero) is 1. The van der Waals surface area contributed by atoms with Crippen LogP contribution in [0.15, 0.2) is 24.3 Å². The van der Waals surface area contributed by atoms with Gasteiger partial charge in [0, 0.05) is 17.5 Å². The lowest BCUT2D eigenvalue weighted by Gasteiger charge is -2.02. The molecule has 0 amide bonds. The topological polar surface area (TPSA) is 43.1 Å². The molecule has 0 aromatic heterocycles. The number of halogens is 2. The number of alkyl halides is 2. The van der Waals surface area contributed by atoms with Gasteiger partial charge in [0.05, 0.1) is 0 Å². The van der Waals surface area contributed by atoms with Gasteiger partial charge >= 0.3 is 0 Å². The van der Waals surface area contributed by atoms with Crippen LogP contribution in [0.1, 0.15) is 28.8 Å². The molecular formula is C10H11F2NO. The summed E-state index contributed by atoms with van der Waals surface area (Å²) in [5.41, 5.74) is 5.36. The van der Waals surface area contributed by atoms with Gasteiger partial charge in [-0.2, -0.15) is 0 Å². The van der Waals surface area contributed by atoms with Crippen LogP contribution >= 0.6 is 0 Å². The van der Waals surface area contributed by atoms with Crippen molar-refractivity contribution in [2.75, 3.05) is 6.54 Å². The molecule has 4 heteroatoms. The molecular weight excluding hydrogens is 188 g/mol. The fraction of sp³-hybridized carbons (Fsp3) is 0.300. The first kappa shape index (κ1) is 10.8. The molecule has 0 aliphatic heterocycles. The predicted octanol–water partition coefficient (Wildman–Crippen LogP) is 2.16. The van der Waals surface area contributed by atoms with Crippen LogP contribution in [0, 0.1) is 0 Å². The molecule has 0 aliphatic carbocycles. The molecule has 0 unspecified atom stereocenters. The minimum atomic E-state index is -2.54. The van der Waals surface area contributed by atoms with Gasteiger partial charge in [-0.05, 0) is 12.6 Å². The first-order valence-corrected chi connectivity index (χ1v) is 4.26. The summed E-state index contributed by atoms with van der Waals surface area (Å²) in [6, 6.07) is 5.47. The van der Waals surface area contributed by atoms with Gasteiger partial charge < -0.3 is 5.73 Å². The molecule has 0 saturated carbocycles. The van der Waals surface area contributed by atoms with Crippen LogP contribution in [0.25, 0.3) is 0 Å². The third-order valence-corrected chi connectivity index (χ3v) is 1.83. The van der Waals surface area contributed by atoms with Crippen molar-refractivity contribution in [2.24, 2.45) is 5.73 Å². The highest BCUT2D eigenvalue weighted by Crippen LogP contribution is 2.19. The maximum Gasteiger partial charge on any atom is 0.263 e. The Kier molecular flexibility index (Phi) is 3.71. The van der Waals surface area contributed by atoms with Crippen LogP contribution in [0.3, 0.4) is 0 Å². The van der Waals surface area contributed by atoms with Gasteiger partial charge in [-0.15, -0.1) is 0 Å². The number of rotatable bonds is 4. The fourth-order valence-corrected chi connectivity index (χ4v) is 1.12. The largest absolute Gasteiger partial charge is 0.330 e. The number of carbonyl (C=O) groups is 1. The van der Waals surface area contributed by atoms with E-state index in [0.717, 1.165) is 0 Å². The van der Waals surface area contributed by atoms with Gasteiger partial charge in [-0.1, -0.05) is 18.2 Å². The molecule has 76 valence electrons. The molecule has 1 rings (SSSR count). The van der Waals surface area contributed by atoms with E-state index in [-0.39, 0.29) is 24.3 Å². The Hall–Kier alpha value is -1.29. The number of ketones is 1. The Morgan fingerprint density at radius 3 is 2.71 bits per heavy atom. The Labute approximate surface area is 80.7 Å². The molecule has 0 aliphatic rings. The summed E-state index contributed by atoms with van der Waals surface area (Å²) in [7, 11) is 0. The molecule has 2 N–H and O–H groups in total. The Balaban J connectivity index is 2.88. The average Bonchev–Trinajstić information content (AvgIpc) is 2.18. The SMILES string of the molecule is NCCC(=O)c1cccc(C(F)F)c1. The maximum absolute atomic E-state index is 12.3. The van der Waals surface area contributed by atoms with Crippen molar-refractivity contribution in [3.8, 4) is 0 Å². The highest BCUT2D eigenvalue weighted by molar-refractivity contribution is 5.96. The zero-order valence-corrected chi connectivity index (χ0v) is 7.54. The van der Waals surface area contributed by atoms with E-state index in [0.29, 0.717) is 5.56 Å². The number of nitrogens with two attached hydrogens (primary N) is 1. The number of hydrogen-bond donors (Lipinski definition) is 1. The minimum absolute atomic E-state index is 0.132. The van der Waals surface area contributed by atoms with Crippen LogP contribution < -0.4 is 5.73 Å². The number of hydrogen-bond acceptors (Lipinski definition) is 2. The zero-order valence-electron chi connectivity index (χ0n) is 7.54. The molecule has 0 atom stereocenters.